The summed E-state index contributed by atoms with van der Waals surface area (Å²) in [6.07, 6.45) is 12.6. The van der Waals surface area contributed by atoms with E-state index in [1.54, 1.807) is 0 Å². The zero-order chi connectivity index (χ0) is 21.0. The molecule has 0 bridgehead atoms. The van der Waals surface area contributed by atoms with Crippen molar-refractivity contribution in [3.8, 4) is 0 Å². The third-order valence-corrected chi connectivity index (χ3v) is 11.3. The molecular weight excluding hydrogens is 384 g/mol. The van der Waals surface area contributed by atoms with Crippen LogP contribution in [0.1, 0.15) is 91.4 Å². The summed E-state index contributed by atoms with van der Waals surface area (Å²) in [4.78, 5) is 0. The second-order valence-corrected chi connectivity index (χ2v) is 13.3. The van der Waals surface area contributed by atoms with Crippen LogP contribution in [0.15, 0.2) is 0 Å². The van der Waals surface area contributed by atoms with E-state index in [-0.39, 0.29) is 11.9 Å². The van der Waals surface area contributed by atoms with Gasteiger partial charge in [0.25, 0.3) is 10.1 Å². The van der Waals surface area contributed by atoms with Gasteiger partial charge in [-0.05, 0) is 117 Å². The SMILES string of the molecule is C[C@H](CCCS(=O)(=O)O)[C@H]1CCC2C3CC[C@H]4C[C@@H](O)CC[C@]4(C)C3CC[C@@]21C. The van der Waals surface area contributed by atoms with E-state index < -0.39 is 10.1 Å². The molecule has 3 unspecified atom stereocenters. The molecule has 0 aromatic heterocycles. The molecule has 9 atom stereocenters. The monoisotopic (exact) mass is 426 g/mol. The van der Waals surface area contributed by atoms with Crippen LogP contribution < -0.4 is 0 Å². The summed E-state index contributed by atoms with van der Waals surface area (Å²) in [5.41, 5.74) is 0.832. The largest absolute Gasteiger partial charge is 0.393 e. The van der Waals surface area contributed by atoms with Gasteiger partial charge >= 0.3 is 0 Å². The lowest BCUT2D eigenvalue weighted by molar-refractivity contribution is -0.129. The minimum absolute atomic E-state index is 0.0714. The molecule has 4 fully saturated rings. The highest BCUT2D eigenvalue weighted by Gasteiger charge is 2.60. The second kappa shape index (κ2) is 7.78. The number of hydrogen-bond acceptors (Lipinski definition) is 3. The van der Waals surface area contributed by atoms with E-state index in [4.69, 9.17) is 4.55 Å². The predicted octanol–water partition coefficient (Wildman–Crippen LogP) is 5.31. The Labute approximate surface area is 178 Å². The average molecular weight is 427 g/mol. The van der Waals surface area contributed by atoms with Crippen LogP contribution in [0.3, 0.4) is 0 Å². The first-order chi connectivity index (χ1) is 13.5. The first-order valence-corrected chi connectivity index (χ1v) is 13.8. The fourth-order valence-electron chi connectivity index (χ4n) is 9.00. The van der Waals surface area contributed by atoms with Crippen molar-refractivity contribution in [3.05, 3.63) is 0 Å². The molecule has 4 nitrogen and oxygen atoms in total. The van der Waals surface area contributed by atoms with E-state index in [0.717, 1.165) is 37.0 Å². The molecule has 168 valence electrons. The summed E-state index contributed by atoms with van der Waals surface area (Å²) in [6.45, 7) is 7.41. The minimum Gasteiger partial charge on any atom is -0.393 e. The summed E-state index contributed by atoms with van der Waals surface area (Å²) in [7, 11) is -3.84. The lowest BCUT2D eigenvalue weighted by Gasteiger charge is -2.61. The number of rotatable bonds is 5. The minimum atomic E-state index is -3.84. The highest BCUT2D eigenvalue weighted by atomic mass is 32.2. The van der Waals surface area contributed by atoms with Crippen molar-refractivity contribution < 1.29 is 18.1 Å². The van der Waals surface area contributed by atoms with Crippen LogP contribution in [0.2, 0.25) is 0 Å². The van der Waals surface area contributed by atoms with Crippen molar-refractivity contribution in [2.45, 2.75) is 97.5 Å². The van der Waals surface area contributed by atoms with Gasteiger partial charge in [-0.3, -0.25) is 4.55 Å². The molecular formula is C24H42O4S. The first kappa shape index (κ1) is 22.1. The fourth-order valence-corrected chi connectivity index (χ4v) is 9.53. The molecule has 2 N–H and O–H groups in total. The Bertz CT molecular complexity index is 706. The van der Waals surface area contributed by atoms with Gasteiger partial charge in [-0.2, -0.15) is 8.42 Å². The van der Waals surface area contributed by atoms with E-state index in [2.05, 4.69) is 20.8 Å². The molecule has 29 heavy (non-hydrogen) atoms. The Kier molecular flexibility index (Phi) is 5.92. The van der Waals surface area contributed by atoms with Crippen molar-refractivity contribution in [2.75, 3.05) is 5.75 Å². The standard InChI is InChI=1S/C24H42O4S/c1-16(5-4-14-29(26,27)28)20-8-9-21-19-7-6-17-15-18(25)10-12-23(17,2)22(19)11-13-24(20,21)3/h16-22,25H,4-15H2,1-3H3,(H,26,27,28)/t16-,17+,18+,19?,20-,21?,22?,23+,24-/m1/s1. The summed E-state index contributed by atoms with van der Waals surface area (Å²) in [5, 5.41) is 10.2. The lowest BCUT2D eigenvalue weighted by Crippen LogP contribution is -2.54. The van der Waals surface area contributed by atoms with Crippen molar-refractivity contribution in [1.29, 1.82) is 0 Å². The maximum atomic E-state index is 11.1. The molecule has 4 saturated carbocycles. The topological polar surface area (TPSA) is 74.6 Å². The van der Waals surface area contributed by atoms with Crippen LogP contribution in [0.4, 0.5) is 0 Å². The Hall–Kier alpha value is -0.130. The molecule has 0 aromatic carbocycles. The van der Waals surface area contributed by atoms with Crippen molar-refractivity contribution in [1.82, 2.24) is 0 Å². The molecule has 5 heteroatoms. The number of fused-ring (bicyclic) bond motifs is 5. The summed E-state index contributed by atoms with van der Waals surface area (Å²) >= 11 is 0. The van der Waals surface area contributed by atoms with E-state index in [1.807, 2.05) is 0 Å². The van der Waals surface area contributed by atoms with E-state index in [9.17, 15) is 13.5 Å². The smallest absolute Gasteiger partial charge is 0.264 e. The zero-order valence-electron chi connectivity index (χ0n) is 18.6. The van der Waals surface area contributed by atoms with Gasteiger partial charge in [-0.15, -0.1) is 0 Å². The first-order valence-electron chi connectivity index (χ1n) is 12.2. The van der Waals surface area contributed by atoms with Crippen LogP contribution in [0.5, 0.6) is 0 Å². The van der Waals surface area contributed by atoms with E-state index in [0.29, 0.717) is 35.0 Å². The molecule has 0 radical (unpaired) electrons. The number of aliphatic hydroxyl groups is 1. The normalized spacial score (nSPS) is 48.4. The molecule has 4 aliphatic rings. The number of hydrogen-bond donors (Lipinski definition) is 2. The van der Waals surface area contributed by atoms with Crippen molar-refractivity contribution in [3.63, 3.8) is 0 Å². The predicted molar refractivity (Wildman–Crippen MR) is 116 cm³/mol. The molecule has 4 rings (SSSR count). The van der Waals surface area contributed by atoms with E-state index >= 15 is 0 Å². The Morgan fingerprint density at radius 3 is 2.38 bits per heavy atom. The molecule has 0 spiro atoms. The summed E-state index contributed by atoms with van der Waals surface area (Å²) in [6, 6.07) is 0. The average Bonchev–Trinajstić information content (AvgIpc) is 2.98. The maximum absolute atomic E-state index is 11.1. The van der Waals surface area contributed by atoms with Gasteiger partial charge in [0, 0.05) is 0 Å². The third kappa shape index (κ3) is 3.93. The molecule has 0 heterocycles. The summed E-state index contributed by atoms with van der Waals surface area (Å²) in [5.74, 6) is 4.34. The van der Waals surface area contributed by atoms with Gasteiger partial charge in [0.05, 0.1) is 11.9 Å². The zero-order valence-corrected chi connectivity index (χ0v) is 19.5. The maximum Gasteiger partial charge on any atom is 0.264 e. The van der Waals surface area contributed by atoms with Crippen molar-refractivity contribution >= 4 is 10.1 Å². The van der Waals surface area contributed by atoms with Gasteiger partial charge in [0.15, 0.2) is 0 Å². The third-order valence-electron chi connectivity index (χ3n) is 10.5. The van der Waals surface area contributed by atoms with Crippen LogP contribution in [0, 0.1) is 46.3 Å². The Morgan fingerprint density at radius 1 is 0.966 bits per heavy atom. The lowest BCUT2D eigenvalue weighted by atomic mass is 9.44. The Morgan fingerprint density at radius 2 is 1.66 bits per heavy atom. The van der Waals surface area contributed by atoms with Crippen LogP contribution in [-0.2, 0) is 10.1 Å². The van der Waals surface area contributed by atoms with Crippen LogP contribution in [0.25, 0.3) is 0 Å². The highest BCUT2D eigenvalue weighted by Crippen LogP contribution is 2.68. The van der Waals surface area contributed by atoms with E-state index in [1.165, 1.54) is 44.9 Å². The van der Waals surface area contributed by atoms with Crippen LogP contribution in [-0.4, -0.2) is 29.9 Å². The fraction of sp³-hybridized carbons (Fsp3) is 1.00. The molecule has 4 aliphatic carbocycles. The van der Waals surface area contributed by atoms with Crippen molar-refractivity contribution in [2.24, 2.45) is 46.3 Å². The highest BCUT2D eigenvalue weighted by molar-refractivity contribution is 7.85. The molecule has 0 aliphatic heterocycles. The summed E-state index contributed by atoms with van der Waals surface area (Å²) < 4.78 is 31.2. The second-order valence-electron chi connectivity index (χ2n) is 11.7. The molecule has 0 aromatic rings. The van der Waals surface area contributed by atoms with Gasteiger partial charge in [0.2, 0.25) is 0 Å². The van der Waals surface area contributed by atoms with Gasteiger partial charge in [-0.25, -0.2) is 0 Å². The number of aliphatic hydroxyl groups excluding tert-OH is 1. The van der Waals surface area contributed by atoms with Crippen LogP contribution >= 0.6 is 0 Å². The molecule has 0 saturated heterocycles. The molecule has 0 amide bonds. The Balaban J connectivity index is 1.46. The van der Waals surface area contributed by atoms with Gasteiger partial charge < -0.3 is 5.11 Å². The van der Waals surface area contributed by atoms with Gasteiger partial charge in [-0.1, -0.05) is 20.8 Å². The quantitative estimate of drug-likeness (QED) is 0.584. The van der Waals surface area contributed by atoms with Gasteiger partial charge in [0.1, 0.15) is 0 Å².